The molecule has 0 saturated heterocycles. The monoisotopic (exact) mass is 356 g/mol. The summed E-state index contributed by atoms with van der Waals surface area (Å²) in [6.07, 6.45) is 2.81. The Labute approximate surface area is 126 Å². The van der Waals surface area contributed by atoms with Crippen molar-refractivity contribution in [2.75, 3.05) is 11.3 Å². The highest BCUT2D eigenvalue weighted by Crippen LogP contribution is 2.26. The first-order valence-electron chi connectivity index (χ1n) is 5.88. The van der Waals surface area contributed by atoms with Crippen LogP contribution >= 0.6 is 15.9 Å². The van der Waals surface area contributed by atoms with Gasteiger partial charge in [-0.25, -0.2) is 8.42 Å². The number of halogens is 1. The van der Waals surface area contributed by atoms with Crippen molar-refractivity contribution in [1.82, 2.24) is 4.98 Å². The lowest BCUT2D eigenvalue weighted by atomic mass is 10.3. The number of hydrogen-bond donors (Lipinski definition) is 1. The van der Waals surface area contributed by atoms with Crippen LogP contribution in [0.5, 0.6) is 5.75 Å². The van der Waals surface area contributed by atoms with Gasteiger partial charge >= 0.3 is 0 Å². The van der Waals surface area contributed by atoms with Crippen molar-refractivity contribution in [3.05, 3.63) is 47.2 Å². The number of benzene rings is 1. The third-order valence-electron chi connectivity index (χ3n) is 2.42. The van der Waals surface area contributed by atoms with E-state index in [4.69, 9.17) is 4.74 Å². The molecule has 0 aliphatic rings. The average Bonchev–Trinajstić information content (AvgIpc) is 2.41. The average molecular weight is 357 g/mol. The van der Waals surface area contributed by atoms with Gasteiger partial charge in [0, 0.05) is 16.9 Å². The van der Waals surface area contributed by atoms with Gasteiger partial charge in [-0.2, -0.15) is 0 Å². The topological polar surface area (TPSA) is 68.3 Å². The Hall–Kier alpha value is -1.60. The number of aromatic nitrogens is 1. The number of para-hydroxylation sites is 2. The molecule has 0 spiro atoms. The summed E-state index contributed by atoms with van der Waals surface area (Å²) in [4.78, 5) is 3.94. The van der Waals surface area contributed by atoms with E-state index < -0.39 is 10.0 Å². The summed E-state index contributed by atoms with van der Waals surface area (Å²) in [6, 6.07) is 8.36. The highest BCUT2D eigenvalue weighted by Gasteiger charge is 2.17. The smallest absolute Gasteiger partial charge is 0.263 e. The second-order valence-corrected chi connectivity index (χ2v) is 6.47. The Balaban J connectivity index is 2.34. The minimum Gasteiger partial charge on any atom is -0.492 e. The number of rotatable bonds is 5. The van der Waals surface area contributed by atoms with Gasteiger partial charge in [0.05, 0.1) is 12.3 Å². The maximum atomic E-state index is 12.3. The molecule has 0 atom stereocenters. The van der Waals surface area contributed by atoms with E-state index in [2.05, 4.69) is 25.6 Å². The second kappa shape index (κ2) is 6.23. The van der Waals surface area contributed by atoms with Gasteiger partial charge in [0.25, 0.3) is 10.0 Å². The Morgan fingerprint density at radius 2 is 2.05 bits per heavy atom. The normalized spacial score (nSPS) is 11.1. The van der Waals surface area contributed by atoms with E-state index in [9.17, 15) is 8.42 Å². The summed E-state index contributed by atoms with van der Waals surface area (Å²) in [6.45, 7) is 2.29. The van der Waals surface area contributed by atoms with E-state index >= 15 is 0 Å². The number of anilines is 1. The largest absolute Gasteiger partial charge is 0.492 e. The van der Waals surface area contributed by atoms with Gasteiger partial charge in [-0.1, -0.05) is 12.1 Å². The van der Waals surface area contributed by atoms with Gasteiger partial charge < -0.3 is 4.74 Å². The number of ether oxygens (including phenoxy) is 1. The van der Waals surface area contributed by atoms with Crippen LogP contribution in [0.2, 0.25) is 0 Å². The maximum Gasteiger partial charge on any atom is 0.263 e. The standard InChI is InChI=1S/C13H13BrN2O3S/c1-2-19-13-6-4-3-5-12(13)16-20(17,18)11-7-10(14)8-15-9-11/h3-9,16H,2H2,1H3. The molecule has 0 radical (unpaired) electrons. The molecule has 5 nitrogen and oxygen atoms in total. The van der Waals surface area contributed by atoms with Crippen LogP contribution in [-0.4, -0.2) is 20.0 Å². The molecule has 0 unspecified atom stereocenters. The van der Waals surface area contributed by atoms with Crippen LogP contribution < -0.4 is 9.46 Å². The molecule has 1 aromatic heterocycles. The fraction of sp³-hybridized carbons (Fsp3) is 0.154. The van der Waals surface area contributed by atoms with Crippen molar-refractivity contribution in [2.45, 2.75) is 11.8 Å². The zero-order chi connectivity index (χ0) is 14.6. The third kappa shape index (κ3) is 3.49. The van der Waals surface area contributed by atoms with Gasteiger partial charge in [0.15, 0.2) is 0 Å². The summed E-state index contributed by atoms with van der Waals surface area (Å²) in [5.41, 5.74) is 0.398. The molecule has 0 aliphatic carbocycles. The molecule has 106 valence electrons. The molecule has 0 aliphatic heterocycles. The Morgan fingerprint density at radius 3 is 2.75 bits per heavy atom. The fourth-order valence-electron chi connectivity index (χ4n) is 1.58. The Kier molecular flexibility index (Phi) is 4.61. The van der Waals surface area contributed by atoms with E-state index in [0.717, 1.165) is 0 Å². The van der Waals surface area contributed by atoms with E-state index in [-0.39, 0.29) is 4.90 Å². The highest BCUT2D eigenvalue weighted by atomic mass is 79.9. The Morgan fingerprint density at radius 1 is 1.30 bits per heavy atom. The molecule has 0 bridgehead atoms. The lowest BCUT2D eigenvalue weighted by molar-refractivity contribution is 0.342. The van der Waals surface area contributed by atoms with E-state index in [0.29, 0.717) is 22.5 Å². The molecule has 7 heteroatoms. The molecule has 1 aromatic carbocycles. The first-order valence-corrected chi connectivity index (χ1v) is 8.16. The maximum absolute atomic E-state index is 12.3. The molecular weight excluding hydrogens is 344 g/mol. The first-order chi connectivity index (χ1) is 9.53. The molecule has 0 fully saturated rings. The van der Waals surface area contributed by atoms with Crippen LogP contribution in [0, 0.1) is 0 Å². The first kappa shape index (κ1) is 14.8. The zero-order valence-corrected chi connectivity index (χ0v) is 13.1. The lowest BCUT2D eigenvalue weighted by Crippen LogP contribution is -2.14. The van der Waals surface area contributed by atoms with Crippen LogP contribution in [0.15, 0.2) is 52.1 Å². The van der Waals surface area contributed by atoms with Crippen LogP contribution in [0.3, 0.4) is 0 Å². The number of pyridine rings is 1. The molecule has 0 amide bonds. The number of nitrogens with one attached hydrogen (secondary N) is 1. The zero-order valence-electron chi connectivity index (χ0n) is 10.7. The predicted octanol–water partition coefficient (Wildman–Crippen LogP) is 3.04. The van der Waals surface area contributed by atoms with Crippen LogP contribution in [0.1, 0.15) is 6.92 Å². The summed E-state index contributed by atoms with van der Waals surface area (Å²) in [5, 5.41) is 0. The summed E-state index contributed by atoms with van der Waals surface area (Å²) < 4.78 is 33.1. The van der Waals surface area contributed by atoms with Crippen LogP contribution in [0.25, 0.3) is 0 Å². The number of sulfonamides is 1. The van der Waals surface area contributed by atoms with Crippen molar-refractivity contribution >= 4 is 31.6 Å². The summed E-state index contributed by atoms with van der Waals surface area (Å²) in [7, 11) is -3.70. The minimum absolute atomic E-state index is 0.0816. The van der Waals surface area contributed by atoms with E-state index in [1.807, 2.05) is 6.92 Å². The SMILES string of the molecule is CCOc1ccccc1NS(=O)(=O)c1cncc(Br)c1. The van der Waals surface area contributed by atoms with Crippen molar-refractivity contribution in [2.24, 2.45) is 0 Å². The Bertz CT molecular complexity index is 704. The van der Waals surface area contributed by atoms with Crippen molar-refractivity contribution in [3.8, 4) is 5.75 Å². The molecule has 0 saturated carbocycles. The van der Waals surface area contributed by atoms with E-state index in [1.54, 1.807) is 24.3 Å². The molecule has 1 heterocycles. The van der Waals surface area contributed by atoms with Crippen molar-refractivity contribution in [3.63, 3.8) is 0 Å². The summed E-state index contributed by atoms with van der Waals surface area (Å²) >= 11 is 3.20. The molecule has 1 N–H and O–H groups in total. The number of hydrogen-bond acceptors (Lipinski definition) is 4. The molecule has 2 aromatic rings. The van der Waals surface area contributed by atoms with E-state index in [1.165, 1.54) is 18.5 Å². The fourth-order valence-corrected chi connectivity index (χ4v) is 3.15. The van der Waals surface area contributed by atoms with Gasteiger partial charge in [0.1, 0.15) is 10.6 Å². The molecule has 2 rings (SSSR count). The second-order valence-electron chi connectivity index (χ2n) is 3.87. The number of nitrogens with zero attached hydrogens (tertiary/aromatic N) is 1. The van der Waals surface area contributed by atoms with Gasteiger partial charge in [-0.15, -0.1) is 0 Å². The molecular formula is C13H13BrN2O3S. The van der Waals surface area contributed by atoms with Crippen LogP contribution in [-0.2, 0) is 10.0 Å². The van der Waals surface area contributed by atoms with Crippen molar-refractivity contribution in [1.29, 1.82) is 0 Å². The summed E-state index contributed by atoms with van der Waals surface area (Å²) in [5.74, 6) is 0.488. The van der Waals surface area contributed by atoms with Gasteiger partial charge in [-0.05, 0) is 41.1 Å². The highest BCUT2D eigenvalue weighted by molar-refractivity contribution is 9.10. The quantitative estimate of drug-likeness (QED) is 0.893. The molecule has 20 heavy (non-hydrogen) atoms. The minimum atomic E-state index is -3.70. The third-order valence-corrected chi connectivity index (χ3v) is 4.19. The van der Waals surface area contributed by atoms with Crippen molar-refractivity contribution < 1.29 is 13.2 Å². The van der Waals surface area contributed by atoms with Crippen LogP contribution in [0.4, 0.5) is 5.69 Å². The predicted molar refractivity (Wildman–Crippen MR) is 80.4 cm³/mol. The van der Waals surface area contributed by atoms with Gasteiger partial charge in [0.2, 0.25) is 0 Å². The van der Waals surface area contributed by atoms with Gasteiger partial charge in [-0.3, -0.25) is 9.71 Å². The lowest BCUT2D eigenvalue weighted by Gasteiger charge is -2.12.